The average molecular weight is 658 g/mol. The number of fused-ring (bicyclic) bond motifs is 2. The van der Waals surface area contributed by atoms with Gasteiger partial charge in [0.1, 0.15) is 18.1 Å². The summed E-state index contributed by atoms with van der Waals surface area (Å²) in [5, 5.41) is 13.6. The third kappa shape index (κ3) is 5.76. The van der Waals surface area contributed by atoms with E-state index in [-0.39, 0.29) is 25.3 Å². The molecule has 2 aliphatic rings. The lowest BCUT2D eigenvalue weighted by atomic mass is 9.80. The van der Waals surface area contributed by atoms with Gasteiger partial charge in [-0.1, -0.05) is 32.0 Å². The molecule has 0 bridgehead atoms. The number of anilines is 1. The second-order valence-corrected chi connectivity index (χ2v) is 11.4. The Morgan fingerprint density at radius 1 is 1.07 bits per heavy atom. The fourth-order valence-electron chi connectivity index (χ4n) is 5.37. The molecule has 18 heteroatoms. The van der Waals surface area contributed by atoms with Gasteiger partial charge in [0, 0.05) is 25.7 Å². The summed E-state index contributed by atoms with van der Waals surface area (Å²) in [4.78, 5) is 53.6. The number of carbonyl (C=O) groups excluding carboxylic acids is 4. The van der Waals surface area contributed by atoms with Crippen LogP contribution in [0.25, 0.3) is 0 Å². The topological polar surface area (TPSA) is 123 Å². The number of alkyl halides is 9. The molecule has 1 fully saturated rings. The molecule has 248 valence electrons. The SMILES string of the molecule is CC(C)C[C@@H](C(=O)N1C[C@]2(C[C@H]1C#N)C(=O)Nc1ccccc12)N(C)C(=O)[C@H](C)NC(=O)C(F)(F)C(F)(F)C(F)(F)C(F)(F)F. The van der Waals surface area contributed by atoms with E-state index in [0.29, 0.717) is 23.1 Å². The third-order valence-corrected chi connectivity index (χ3v) is 7.86. The molecule has 1 aromatic rings. The van der Waals surface area contributed by atoms with E-state index in [2.05, 4.69) is 5.32 Å². The molecule has 4 atom stereocenters. The Hall–Kier alpha value is -4.04. The van der Waals surface area contributed by atoms with Crippen LogP contribution in [0.15, 0.2) is 24.3 Å². The standard InChI is InChI=1S/C27H28F9N5O4/c1-13(2)9-18(20(43)41-12-23(10-15(41)11-37)16-7-5-6-8-17(16)39-21(23)44)40(4)19(42)14(3)38-22(45)24(28,29)25(30,31)26(32,33)27(34,35)36/h5-8,13-15,18H,9-10,12H2,1-4H3,(H,38,45)(H,39,44)/t14-,15-,18-,23-/m0/s1. The molecular weight excluding hydrogens is 629 g/mol. The third-order valence-electron chi connectivity index (χ3n) is 7.86. The first kappa shape index (κ1) is 35.4. The number of benzene rings is 1. The van der Waals surface area contributed by atoms with E-state index in [9.17, 15) is 64.0 Å². The minimum absolute atomic E-state index is 0.109. The van der Waals surface area contributed by atoms with Crippen molar-refractivity contribution >= 4 is 29.3 Å². The summed E-state index contributed by atoms with van der Waals surface area (Å²) in [5.41, 5.74) is -0.311. The second-order valence-electron chi connectivity index (χ2n) is 11.4. The fourth-order valence-corrected chi connectivity index (χ4v) is 5.37. The second kappa shape index (κ2) is 11.7. The van der Waals surface area contributed by atoms with Crippen LogP contribution in [-0.2, 0) is 24.6 Å². The summed E-state index contributed by atoms with van der Waals surface area (Å²) >= 11 is 0. The summed E-state index contributed by atoms with van der Waals surface area (Å²) in [7, 11) is 0.977. The molecule has 0 radical (unpaired) electrons. The van der Waals surface area contributed by atoms with Crippen LogP contribution in [-0.4, -0.2) is 89.1 Å². The van der Waals surface area contributed by atoms with Crippen LogP contribution in [0.3, 0.4) is 0 Å². The van der Waals surface area contributed by atoms with Crippen molar-refractivity contribution in [3.8, 4) is 6.07 Å². The van der Waals surface area contributed by atoms with Crippen molar-refractivity contribution in [3.05, 3.63) is 29.8 Å². The number of nitrogens with one attached hydrogen (secondary N) is 2. The van der Waals surface area contributed by atoms with Gasteiger partial charge in [-0.2, -0.15) is 44.8 Å². The van der Waals surface area contributed by atoms with Gasteiger partial charge in [-0.15, -0.1) is 0 Å². The van der Waals surface area contributed by atoms with E-state index < -0.39 is 71.1 Å². The highest BCUT2D eigenvalue weighted by Crippen LogP contribution is 2.53. The minimum atomic E-state index is -7.32. The van der Waals surface area contributed by atoms with E-state index in [1.165, 1.54) is 0 Å². The monoisotopic (exact) mass is 657 g/mol. The Morgan fingerprint density at radius 3 is 2.18 bits per heavy atom. The number of carbonyl (C=O) groups is 4. The molecule has 2 aliphatic heterocycles. The number of likely N-dealkylation sites (tertiary alicyclic amines) is 1. The summed E-state index contributed by atoms with van der Waals surface area (Å²) in [6.45, 7) is 3.62. The first-order valence-electron chi connectivity index (χ1n) is 13.4. The van der Waals surface area contributed by atoms with Crippen molar-refractivity contribution in [2.75, 3.05) is 18.9 Å². The zero-order valence-corrected chi connectivity index (χ0v) is 24.1. The molecule has 45 heavy (non-hydrogen) atoms. The first-order chi connectivity index (χ1) is 20.5. The maximum absolute atomic E-state index is 14.1. The number of likely N-dealkylation sites (N-methyl/N-ethyl adjacent to an activating group) is 1. The van der Waals surface area contributed by atoms with Gasteiger partial charge in [0.15, 0.2) is 0 Å². The molecule has 0 aliphatic carbocycles. The summed E-state index contributed by atoms with van der Waals surface area (Å²) < 4.78 is 119. The maximum Gasteiger partial charge on any atom is 0.460 e. The van der Waals surface area contributed by atoms with Crippen LogP contribution in [0.2, 0.25) is 0 Å². The van der Waals surface area contributed by atoms with E-state index in [1.54, 1.807) is 38.1 Å². The van der Waals surface area contributed by atoms with Gasteiger partial charge in [-0.3, -0.25) is 19.2 Å². The van der Waals surface area contributed by atoms with Gasteiger partial charge in [0.2, 0.25) is 17.7 Å². The Bertz CT molecular complexity index is 1410. The molecule has 9 nitrogen and oxygen atoms in total. The highest BCUT2D eigenvalue weighted by atomic mass is 19.4. The first-order valence-corrected chi connectivity index (χ1v) is 13.4. The number of rotatable bonds is 9. The zero-order chi connectivity index (χ0) is 34.5. The van der Waals surface area contributed by atoms with Gasteiger partial charge in [0.05, 0.1) is 11.5 Å². The number of nitriles is 1. The largest absolute Gasteiger partial charge is 0.460 e. The number of hydrogen-bond donors (Lipinski definition) is 2. The van der Waals surface area contributed by atoms with Crippen molar-refractivity contribution in [2.45, 2.75) is 81.1 Å². The van der Waals surface area contributed by atoms with Gasteiger partial charge < -0.3 is 20.4 Å². The van der Waals surface area contributed by atoms with E-state index in [0.717, 1.165) is 17.3 Å². The Balaban J connectivity index is 1.86. The number of hydrogen-bond acceptors (Lipinski definition) is 5. The van der Waals surface area contributed by atoms with Crippen molar-refractivity contribution in [2.24, 2.45) is 5.92 Å². The van der Waals surface area contributed by atoms with Crippen LogP contribution in [0.1, 0.15) is 39.2 Å². The van der Waals surface area contributed by atoms with Crippen molar-refractivity contribution in [3.63, 3.8) is 0 Å². The van der Waals surface area contributed by atoms with Crippen molar-refractivity contribution < 1.29 is 58.7 Å². The molecule has 1 spiro atoms. The Kier molecular flexibility index (Phi) is 9.22. The quantitative estimate of drug-likeness (QED) is 0.391. The van der Waals surface area contributed by atoms with E-state index in [1.807, 2.05) is 6.07 Å². The highest BCUT2D eigenvalue weighted by Gasteiger charge is 2.83. The molecule has 0 saturated carbocycles. The molecule has 4 amide bonds. The summed E-state index contributed by atoms with van der Waals surface area (Å²) in [5.74, 6) is -27.6. The van der Waals surface area contributed by atoms with Gasteiger partial charge in [-0.25, -0.2) is 0 Å². The number of halogens is 9. The van der Waals surface area contributed by atoms with Gasteiger partial charge >= 0.3 is 23.9 Å². The summed E-state index contributed by atoms with van der Waals surface area (Å²) in [6, 6.07) is 3.67. The number of nitrogens with zero attached hydrogens (tertiary/aromatic N) is 3. The molecular formula is C27H28F9N5O4. The average Bonchev–Trinajstić information content (AvgIpc) is 3.47. The van der Waals surface area contributed by atoms with Crippen LogP contribution < -0.4 is 10.6 Å². The maximum atomic E-state index is 14.1. The minimum Gasteiger partial charge on any atom is -0.339 e. The van der Waals surface area contributed by atoms with Crippen LogP contribution in [0.5, 0.6) is 0 Å². The van der Waals surface area contributed by atoms with Crippen molar-refractivity contribution in [1.82, 2.24) is 15.1 Å². The Morgan fingerprint density at radius 2 is 1.64 bits per heavy atom. The fraction of sp³-hybridized carbons (Fsp3) is 0.593. The van der Waals surface area contributed by atoms with Crippen molar-refractivity contribution in [1.29, 1.82) is 5.26 Å². The van der Waals surface area contributed by atoms with E-state index >= 15 is 0 Å². The van der Waals surface area contributed by atoms with Gasteiger partial charge in [-0.05, 0) is 30.9 Å². The van der Waals surface area contributed by atoms with E-state index in [4.69, 9.17) is 0 Å². The lowest BCUT2D eigenvalue weighted by Gasteiger charge is -2.35. The van der Waals surface area contributed by atoms with Crippen LogP contribution in [0.4, 0.5) is 45.2 Å². The predicted molar refractivity (Wildman–Crippen MR) is 137 cm³/mol. The molecule has 1 aromatic carbocycles. The number of amides is 4. The molecule has 1 saturated heterocycles. The summed E-state index contributed by atoms with van der Waals surface area (Å²) in [6.07, 6.45) is -7.39. The Labute approximate surface area is 250 Å². The zero-order valence-electron chi connectivity index (χ0n) is 24.1. The molecule has 0 aromatic heterocycles. The number of para-hydroxylation sites is 1. The molecule has 3 rings (SSSR count). The van der Waals surface area contributed by atoms with Crippen LogP contribution in [0, 0.1) is 17.2 Å². The predicted octanol–water partition coefficient (Wildman–Crippen LogP) is 3.85. The molecule has 0 unspecified atom stereocenters. The van der Waals surface area contributed by atoms with Gasteiger partial charge in [0.25, 0.3) is 5.91 Å². The lowest BCUT2D eigenvalue weighted by molar-refractivity contribution is -0.388. The lowest BCUT2D eigenvalue weighted by Crippen LogP contribution is -2.66. The smallest absolute Gasteiger partial charge is 0.339 e. The molecule has 2 N–H and O–H groups in total. The molecule has 2 heterocycles. The highest BCUT2D eigenvalue weighted by molar-refractivity contribution is 6.07. The normalized spacial score (nSPS) is 21.7. The van der Waals surface area contributed by atoms with Crippen LogP contribution >= 0.6 is 0 Å².